The number of aromatic nitrogens is 2. The Morgan fingerprint density at radius 2 is 1.71 bits per heavy atom. The van der Waals surface area contributed by atoms with E-state index in [1.165, 1.54) is 23.3 Å². The molecule has 6 rings (SSSR count). The number of likely N-dealkylation sites (tertiary alicyclic amines) is 1. The van der Waals surface area contributed by atoms with E-state index in [0.717, 1.165) is 42.7 Å². The fraction of sp³-hybridized carbons (Fsp3) is 0.500. The number of imidazole rings is 1. The Morgan fingerprint density at radius 1 is 1.03 bits per heavy atom. The van der Waals surface area contributed by atoms with Gasteiger partial charge in [0.15, 0.2) is 0 Å². The van der Waals surface area contributed by atoms with Gasteiger partial charge in [-0.2, -0.15) is 0 Å². The molecule has 200 valence electrons. The van der Waals surface area contributed by atoms with Gasteiger partial charge in [0.1, 0.15) is 5.82 Å². The van der Waals surface area contributed by atoms with Crippen LogP contribution in [0.2, 0.25) is 0 Å². The summed E-state index contributed by atoms with van der Waals surface area (Å²) in [6.45, 7) is 5.14. The Kier molecular flexibility index (Phi) is 6.60. The van der Waals surface area contributed by atoms with E-state index in [2.05, 4.69) is 58.1 Å². The summed E-state index contributed by atoms with van der Waals surface area (Å²) in [7, 11) is 0. The van der Waals surface area contributed by atoms with Gasteiger partial charge in [-0.05, 0) is 63.6 Å². The zero-order chi connectivity index (χ0) is 26.4. The summed E-state index contributed by atoms with van der Waals surface area (Å²) in [5.74, 6) is 0.757. The average molecular weight is 516 g/mol. The number of hydrogen-bond acceptors (Lipinski definition) is 4. The van der Waals surface area contributed by atoms with E-state index in [1.54, 1.807) is 0 Å². The van der Waals surface area contributed by atoms with Crippen molar-refractivity contribution < 1.29 is 14.7 Å². The molecule has 1 aromatic heterocycles. The largest absolute Gasteiger partial charge is 0.465 e. The van der Waals surface area contributed by atoms with E-state index in [0.29, 0.717) is 18.1 Å². The van der Waals surface area contributed by atoms with E-state index >= 15 is 0 Å². The monoisotopic (exact) mass is 515 g/mol. The highest BCUT2D eigenvalue weighted by atomic mass is 16.4. The Bertz CT molecular complexity index is 1310. The van der Waals surface area contributed by atoms with Crippen LogP contribution in [-0.4, -0.2) is 67.7 Å². The molecule has 2 aromatic carbocycles. The molecule has 0 radical (unpaired) electrons. The molecule has 2 bridgehead atoms. The van der Waals surface area contributed by atoms with Gasteiger partial charge in [0.2, 0.25) is 5.91 Å². The first-order valence-corrected chi connectivity index (χ1v) is 13.9. The van der Waals surface area contributed by atoms with Gasteiger partial charge in [0.25, 0.3) is 0 Å². The maximum atomic E-state index is 13.1. The highest BCUT2D eigenvalue weighted by Crippen LogP contribution is 2.42. The first-order chi connectivity index (χ1) is 18.4. The average Bonchev–Trinajstić information content (AvgIpc) is 3.36. The number of carbonyl (C=O) groups excluding carboxylic acids is 1. The van der Waals surface area contributed by atoms with Crippen molar-refractivity contribution in [2.45, 2.75) is 76.2 Å². The van der Waals surface area contributed by atoms with Crippen LogP contribution < -0.4 is 5.32 Å². The van der Waals surface area contributed by atoms with Crippen LogP contribution in [0, 0.1) is 12.8 Å². The summed E-state index contributed by atoms with van der Waals surface area (Å²) in [5, 5.41) is 12.6. The fourth-order valence-electron chi connectivity index (χ4n) is 7.18. The van der Waals surface area contributed by atoms with Crippen LogP contribution in [0.15, 0.2) is 54.6 Å². The van der Waals surface area contributed by atoms with Crippen molar-refractivity contribution in [2.24, 2.45) is 5.92 Å². The Labute approximate surface area is 223 Å². The first kappa shape index (κ1) is 24.9. The number of hydrogen-bond donors (Lipinski definition) is 2. The lowest BCUT2D eigenvalue weighted by molar-refractivity contribution is -0.133. The molecule has 3 aliphatic rings. The SMILES string of the molecule is Cc1nc2ccccc2n1C1C[C@H]2CC[C@@H](C1)N2CC[C@H](NC(=O)C1CN(C(=O)O)C1C)c1ccccc1. The molecule has 2 N–H and O–H groups in total. The Hall–Kier alpha value is -3.39. The van der Waals surface area contributed by atoms with Crippen LogP contribution in [0.1, 0.15) is 62.5 Å². The molecule has 2 amide bonds. The summed E-state index contributed by atoms with van der Waals surface area (Å²) < 4.78 is 2.46. The van der Waals surface area contributed by atoms with Crippen LogP contribution in [0.3, 0.4) is 0 Å². The number of piperidine rings is 1. The van der Waals surface area contributed by atoms with Crippen LogP contribution in [-0.2, 0) is 4.79 Å². The van der Waals surface area contributed by atoms with E-state index in [4.69, 9.17) is 4.98 Å². The molecule has 0 spiro atoms. The molecule has 8 nitrogen and oxygen atoms in total. The van der Waals surface area contributed by atoms with Gasteiger partial charge in [-0.3, -0.25) is 9.69 Å². The Balaban J connectivity index is 1.13. The van der Waals surface area contributed by atoms with Gasteiger partial charge in [0, 0.05) is 37.3 Å². The lowest BCUT2D eigenvalue weighted by atomic mass is 9.88. The molecule has 3 unspecified atom stereocenters. The second kappa shape index (κ2) is 10.1. The normalized spacial score (nSPS) is 27.7. The predicted molar refractivity (Wildman–Crippen MR) is 146 cm³/mol. The highest BCUT2D eigenvalue weighted by molar-refractivity contribution is 5.83. The number of fused-ring (bicyclic) bond motifs is 3. The number of benzene rings is 2. The minimum atomic E-state index is -0.959. The lowest BCUT2D eigenvalue weighted by Crippen LogP contribution is -2.61. The van der Waals surface area contributed by atoms with Gasteiger partial charge >= 0.3 is 6.09 Å². The number of nitrogens with one attached hydrogen (secondary N) is 1. The molecule has 3 saturated heterocycles. The number of nitrogens with zero attached hydrogens (tertiary/aromatic N) is 4. The van der Waals surface area contributed by atoms with Gasteiger partial charge in [-0.25, -0.2) is 9.78 Å². The third-order valence-electron chi connectivity index (χ3n) is 9.24. The van der Waals surface area contributed by atoms with E-state index in [1.807, 2.05) is 25.1 Å². The van der Waals surface area contributed by atoms with E-state index < -0.39 is 6.09 Å². The van der Waals surface area contributed by atoms with Crippen molar-refractivity contribution in [3.63, 3.8) is 0 Å². The lowest BCUT2D eigenvalue weighted by Gasteiger charge is -2.44. The molecule has 0 saturated carbocycles. The maximum absolute atomic E-state index is 13.1. The van der Waals surface area contributed by atoms with Gasteiger partial charge in [-0.1, -0.05) is 42.5 Å². The van der Waals surface area contributed by atoms with Crippen molar-refractivity contribution in [3.8, 4) is 0 Å². The third-order valence-corrected chi connectivity index (χ3v) is 9.24. The molecule has 8 heteroatoms. The number of carboxylic acid groups (broad SMARTS) is 1. The smallest absolute Gasteiger partial charge is 0.407 e. The molecule has 6 atom stereocenters. The second-order valence-electron chi connectivity index (χ2n) is 11.3. The number of carbonyl (C=O) groups is 2. The van der Waals surface area contributed by atoms with Gasteiger partial charge in [-0.15, -0.1) is 0 Å². The van der Waals surface area contributed by atoms with Gasteiger partial charge in [0.05, 0.1) is 23.0 Å². The van der Waals surface area contributed by atoms with Crippen molar-refractivity contribution in [2.75, 3.05) is 13.1 Å². The van der Waals surface area contributed by atoms with Gasteiger partial charge < -0.3 is 19.9 Å². The van der Waals surface area contributed by atoms with Crippen molar-refractivity contribution in [1.29, 1.82) is 0 Å². The number of para-hydroxylation sites is 2. The number of amides is 2. The van der Waals surface area contributed by atoms with Crippen molar-refractivity contribution in [3.05, 3.63) is 66.0 Å². The topological polar surface area (TPSA) is 90.7 Å². The van der Waals surface area contributed by atoms with E-state index in [9.17, 15) is 14.7 Å². The zero-order valence-electron chi connectivity index (χ0n) is 22.2. The van der Waals surface area contributed by atoms with Crippen molar-refractivity contribution in [1.82, 2.24) is 24.7 Å². The summed E-state index contributed by atoms with van der Waals surface area (Å²) in [6.07, 6.45) is 4.58. The third kappa shape index (κ3) is 4.45. The minimum absolute atomic E-state index is 0.0482. The van der Waals surface area contributed by atoms with Crippen LogP contribution >= 0.6 is 0 Å². The summed E-state index contributed by atoms with van der Waals surface area (Å²) >= 11 is 0. The summed E-state index contributed by atoms with van der Waals surface area (Å²) in [4.78, 5) is 33.3. The molecular weight excluding hydrogens is 478 g/mol. The number of aryl methyl sites for hydroxylation is 1. The summed E-state index contributed by atoms with van der Waals surface area (Å²) in [5.41, 5.74) is 3.42. The molecule has 38 heavy (non-hydrogen) atoms. The second-order valence-corrected chi connectivity index (χ2v) is 11.3. The highest BCUT2D eigenvalue weighted by Gasteiger charge is 2.44. The van der Waals surface area contributed by atoms with Crippen molar-refractivity contribution >= 4 is 23.0 Å². The summed E-state index contributed by atoms with van der Waals surface area (Å²) in [6, 6.07) is 19.8. The molecule has 3 aromatic rings. The van der Waals surface area contributed by atoms with Crippen LogP contribution in [0.25, 0.3) is 11.0 Å². The standard InChI is InChI=1S/C30H37N5O3/c1-19-25(18-34(19)30(37)38)29(36)32-26(21-8-4-3-5-9-21)14-15-33-22-12-13-23(33)17-24(16-22)35-20(2)31-27-10-6-7-11-28(27)35/h3-11,19,22-26H,12-18H2,1-2H3,(H,32,36)(H,37,38)/t19?,22-,23+,24?,25?,26-/m0/s1. The van der Waals surface area contributed by atoms with E-state index in [-0.39, 0.29) is 30.5 Å². The molecule has 3 fully saturated rings. The quantitative estimate of drug-likeness (QED) is 0.474. The van der Waals surface area contributed by atoms with Crippen LogP contribution in [0.4, 0.5) is 4.79 Å². The number of rotatable bonds is 7. The maximum Gasteiger partial charge on any atom is 0.407 e. The molecule has 3 aliphatic heterocycles. The molecule has 0 aliphatic carbocycles. The Morgan fingerprint density at radius 3 is 2.39 bits per heavy atom. The fourth-order valence-corrected chi connectivity index (χ4v) is 7.18. The predicted octanol–water partition coefficient (Wildman–Crippen LogP) is 4.76. The van der Waals surface area contributed by atoms with Crippen LogP contribution in [0.5, 0.6) is 0 Å². The zero-order valence-corrected chi connectivity index (χ0v) is 22.2. The minimum Gasteiger partial charge on any atom is -0.465 e. The molecular formula is C30H37N5O3. The first-order valence-electron chi connectivity index (χ1n) is 13.9. The molecule has 4 heterocycles.